The molecule has 0 amide bonds. The van der Waals surface area contributed by atoms with E-state index in [0.717, 1.165) is 38.2 Å². The molecule has 0 radical (unpaired) electrons. The van der Waals surface area contributed by atoms with Gasteiger partial charge in [0.2, 0.25) is 0 Å². The predicted molar refractivity (Wildman–Crippen MR) is 75.7 cm³/mol. The Morgan fingerprint density at radius 2 is 2.21 bits per heavy atom. The van der Waals surface area contributed by atoms with Crippen LogP contribution in [0.15, 0.2) is 18.2 Å². The molecule has 4 nitrogen and oxygen atoms in total. The van der Waals surface area contributed by atoms with Crippen LogP contribution in [0.5, 0.6) is 5.75 Å². The van der Waals surface area contributed by atoms with E-state index in [2.05, 4.69) is 27.8 Å². The van der Waals surface area contributed by atoms with Gasteiger partial charge in [-0.05, 0) is 43.1 Å². The van der Waals surface area contributed by atoms with Crippen LogP contribution < -0.4 is 15.4 Å². The highest BCUT2D eigenvalue weighted by atomic mass is 16.5. The number of benzene rings is 1. The molecular weight excluding hydrogens is 238 g/mol. The molecule has 4 rings (SSSR count). The number of aromatic amines is 1. The highest BCUT2D eigenvalue weighted by Gasteiger charge is 2.40. The third-order valence-electron chi connectivity index (χ3n) is 4.59. The van der Waals surface area contributed by atoms with Crippen LogP contribution in [0.4, 0.5) is 0 Å². The number of hydrogen-bond acceptors (Lipinski definition) is 3. The van der Waals surface area contributed by atoms with E-state index in [1.807, 2.05) is 6.07 Å². The van der Waals surface area contributed by atoms with E-state index in [1.165, 1.54) is 22.2 Å². The Kier molecular flexibility index (Phi) is 2.37. The van der Waals surface area contributed by atoms with Gasteiger partial charge in [-0.2, -0.15) is 0 Å². The maximum absolute atomic E-state index is 5.36. The molecule has 0 saturated carbocycles. The van der Waals surface area contributed by atoms with Gasteiger partial charge in [0, 0.05) is 29.7 Å². The summed E-state index contributed by atoms with van der Waals surface area (Å²) in [6.07, 6.45) is 2.24. The van der Waals surface area contributed by atoms with Crippen molar-refractivity contribution in [3.05, 3.63) is 29.5 Å². The van der Waals surface area contributed by atoms with Crippen molar-refractivity contribution in [3.8, 4) is 5.75 Å². The molecule has 2 aliphatic heterocycles. The summed E-state index contributed by atoms with van der Waals surface area (Å²) in [5, 5.41) is 8.52. The van der Waals surface area contributed by atoms with E-state index in [0.29, 0.717) is 0 Å². The summed E-state index contributed by atoms with van der Waals surface area (Å²) >= 11 is 0. The molecule has 1 spiro atoms. The zero-order valence-electron chi connectivity index (χ0n) is 11.2. The maximum Gasteiger partial charge on any atom is 0.119 e. The molecule has 1 unspecified atom stereocenters. The van der Waals surface area contributed by atoms with Gasteiger partial charge in [-0.3, -0.25) is 0 Å². The molecule has 1 aromatic heterocycles. The lowest BCUT2D eigenvalue weighted by molar-refractivity contribution is 0.339. The number of fused-ring (bicyclic) bond motifs is 4. The summed E-state index contributed by atoms with van der Waals surface area (Å²) in [5.74, 6) is 0.937. The van der Waals surface area contributed by atoms with E-state index >= 15 is 0 Å². The molecule has 3 heterocycles. The Bertz CT molecular complexity index is 626. The Morgan fingerprint density at radius 1 is 1.26 bits per heavy atom. The van der Waals surface area contributed by atoms with E-state index in [1.54, 1.807) is 7.11 Å². The van der Waals surface area contributed by atoms with Crippen molar-refractivity contribution >= 4 is 10.9 Å². The predicted octanol–water partition coefficient (Wildman–Crippen LogP) is 1.51. The maximum atomic E-state index is 5.36. The second-order valence-electron chi connectivity index (χ2n) is 5.58. The minimum Gasteiger partial charge on any atom is -0.497 e. The first-order valence-electron chi connectivity index (χ1n) is 6.97. The molecule has 2 aliphatic rings. The van der Waals surface area contributed by atoms with Crippen LogP contribution >= 0.6 is 0 Å². The third kappa shape index (κ3) is 1.53. The molecule has 0 aliphatic carbocycles. The van der Waals surface area contributed by atoms with Crippen LogP contribution in [-0.2, 0) is 12.0 Å². The van der Waals surface area contributed by atoms with Gasteiger partial charge < -0.3 is 20.4 Å². The quantitative estimate of drug-likeness (QED) is 0.726. The number of nitrogens with one attached hydrogen (secondary N) is 3. The summed E-state index contributed by atoms with van der Waals surface area (Å²) < 4.78 is 5.36. The van der Waals surface area contributed by atoms with E-state index in [-0.39, 0.29) is 5.54 Å². The van der Waals surface area contributed by atoms with Gasteiger partial charge in [-0.25, -0.2) is 0 Å². The Morgan fingerprint density at radius 3 is 3.00 bits per heavy atom. The monoisotopic (exact) mass is 257 g/mol. The van der Waals surface area contributed by atoms with Gasteiger partial charge in [-0.15, -0.1) is 0 Å². The average molecular weight is 257 g/mol. The van der Waals surface area contributed by atoms with Crippen LogP contribution in [0.1, 0.15) is 17.7 Å². The topological polar surface area (TPSA) is 49.1 Å². The molecule has 1 aromatic carbocycles. The van der Waals surface area contributed by atoms with Crippen molar-refractivity contribution in [2.75, 3.05) is 26.7 Å². The van der Waals surface area contributed by atoms with E-state index < -0.39 is 0 Å². The Labute approximate surface area is 112 Å². The number of methoxy groups -OCH3 is 1. The summed E-state index contributed by atoms with van der Waals surface area (Å²) in [6, 6.07) is 6.31. The fraction of sp³-hybridized carbons (Fsp3) is 0.467. The van der Waals surface area contributed by atoms with Gasteiger partial charge in [0.15, 0.2) is 0 Å². The van der Waals surface area contributed by atoms with Crippen LogP contribution in [0.2, 0.25) is 0 Å². The van der Waals surface area contributed by atoms with E-state index in [4.69, 9.17) is 4.74 Å². The van der Waals surface area contributed by atoms with Crippen molar-refractivity contribution in [2.45, 2.75) is 18.4 Å². The Hall–Kier alpha value is -1.52. The van der Waals surface area contributed by atoms with Gasteiger partial charge in [-0.1, -0.05) is 0 Å². The summed E-state index contributed by atoms with van der Waals surface area (Å²) in [4.78, 5) is 3.64. The third-order valence-corrected chi connectivity index (χ3v) is 4.59. The van der Waals surface area contributed by atoms with Crippen molar-refractivity contribution in [2.24, 2.45) is 0 Å². The van der Waals surface area contributed by atoms with Crippen molar-refractivity contribution < 1.29 is 4.74 Å². The second kappa shape index (κ2) is 3.99. The number of H-pyrrole nitrogens is 1. The molecule has 1 fully saturated rings. The molecule has 19 heavy (non-hydrogen) atoms. The van der Waals surface area contributed by atoms with Gasteiger partial charge in [0.05, 0.1) is 12.6 Å². The van der Waals surface area contributed by atoms with Gasteiger partial charge in [0.1, 0.15) is 5.75 Å². The smallest absolute Gasteiger partial charge is 0.119 e. The first-order chi connectivity index (χ1) is 9.32. The average Bonchev–Trinajstić information content (AvgIpc) is 3.05. The largest absolute Gasteiger partial charge is 0.497 e. The SMILES string of the molecule is COc1ccc2[nH]c3c(c2c1)CCNC31CCNC1. The fourth-order valence-corrected chi connectivity index (χ4v) is 3.59. The zero-order chi connectivity index (χ0) is 12.9. The first-order valence-corrected chi connectivity index (χ1v) is 6.97. The van der Waals surface area contributed by atoms with Crippen LogP contribution in [-0.4, -0.2) is 31.7 Å². The van der Waals surface area contributed by atoms with Gasteiger partial charge >= 0.3 is 0 Å². The molecule has 4 heteroatoms. The first kappa shape index (κ1) is 11.3. The lowest BCUT2D eigenvalue weighted by Gasteiger charge is -2.34. The highest BCUT2D eigenvalue weighted by Crippen LogP contribution is 2.38. The summed E-state index contributed by atoms with van der Waals surface area (Å²) in [5.41, 5.74) is 4.18. The van der Waals surface area contributed by atoms with Crippen LogP contribution in [0, 0.1) is 0 Å². The molecule has 1 atom stereocenters. The molecule has 2 aromatic rings. The number of ether oxygens (including phenoxy) is 1. The van der Waals surface area contributed by atoms with Crippen molar-refractivity contribution in [1.29, 1.82) is 0 Å². The molecule has 1 saturated heterocycles. The lowest BCUT2D eigenvalue weighted by Crippen LogP contribution is -2.48. The summed E-state index contributed by atoms with van der Waals surface area (Å²) in [7, 11) is 1.73. The van der Waals surface area contributed by atoms with Crippen LogP contribution in [0.3, 0.4) is 0 Å². The van der Waals surface area contributed by atoms with Gasteiger partial charge in [0.25, 0.3) is 0 Å². The van der Waals surface area contributed by atoms with Crippen molar-refractivity contribution in [1.82, 2.24) is 15.6 Å². The number of aromatic nitrogens is 1. The number of hydrogen-bond donors (Lipinski definition) is 3. The fourth-order valence-electron chi connectivity index (χ4n) is 3.59. The normalized spacial score (nSPS) is 25.9. The standard InChI is InChI=1S/C15H19N3O/c1-19-10-2-3-13-12(8-10)11-4-6-17-15(14(11)18-13)5-7-16-9-15/h2-3,8,16-18H,4-7,9H2,1H3. The minimum atomic E-state index is 0.111. The second-order valence-corrected chi connectivity index (χ2v) is 5.58. The molecule has 3 N–H and O–H groups in total. The lowest BCUT2D eigenvalue weighted by atomic mass is 9.86. The number of rotatable bonds is 1. The molecule has 0 bridgehead atoms. The summed E-state index contributed by atoms with van der Waals surface area (Å²) in [6.45, 7) is 3.16. The van der Waals surface area contributed by atoms with Crippen LogP contribution in [0.25, 0.3) is 10.9 Å². The van der Waals surface area contributed by atoms with E-state index in [9.17, 15) is 0 Å². The molecular formula is C15H19N3O. The minimum absolute atomic E-state index is 0.111. The molecule has 100 valence electrons. The Balaban J connectivity index is 1.94. The highest BCUT2D eigenvalue weighted by molar-refractivity contribution is 5.86. The van der Waals surface area contributed by atoms with Crippen molar-refractivity contribution in [3.63, 3.8) is 0 Å². The zero-order valence-corrected chi connectivity index (χ0v) is 11.2.